The Bertz CT molecular complexity index is 2660. The number of hydrogen-bond acceptors (Lipinski definition) is 3. The molecule has 6 aromatic carbocycles. The number of para-hydroxylation sites is 2. The van der Waals surface area contributed by atoms with E-state index in [0.717, 1.165) is 16.8 Å². The maximum absolute atomic E-state index is 5.17. The number of nitrogens with zero attached hydrogens (tertiary/aromatic N) is 2. The largest absolute Gasteiger partial charge is 0.334 e. The molecule has 0 N–H and O–H groups in total. The molecule has 0 fully saturated rings. The molecule has 3 heterocycles. The average Bonchev–Trinajstić information content (AvgIpc) is 3.53. The first-order valence-corrected chi connectivity index (χ1v) is 18.0. The number of rotatable bonds is 3. The first-order valence-electron chi connectivity index (χ1n) is 17.1. The van der Waals surface area contributed by atoms with Crippen molar-refractivity contribution in [2.24, 2.45) is 5.92 Å². The Kier molecular flexibility index (Phi) is 6.25. The van der Waals surface area contributed by atoms with Crippen molar-refractivity contribution in [2.45, 2.75) is 25.3 Å². The summed E-state index contributed by atoms with van der Waals surface area (Å²) in [5, 5.41) is 6.30. The zero-order chi connectivity index (χ0) is 32.7. The molecule has 8 aromatic rings. The van der Waals surface area contributed by atoms with Crippen LogP contribution in [0.2, 0.25) is 0 Å². The van der Waals surface area contributed by atoms with Crippen LogP contribution in [0.3, 0.4) is 0 Å². The maximum Gasteiger partial charge on any atom is 0.0788 e. The normalized spacial score (nSPS) is 18.0. The molecule has 1 aliphatic carbocycles. The summed E-state index contributed by atoms with van der Waals surface area (Å²) >= 11 is 1.89. The van der Waals surface area contributed by atoms with Crippen LogP contribution < -0.4 is 4.90 Å². The summed E-state index contributed by atoms with van der Waals surface area (Å²) in [6, 6.07) is 49.2. The SMILES string of the molecule is CC1(C)c2ccccc2N(c2cccc(-c3ccc4sc5c(ccc6c(-c7ccccc7)nc7ccccc7c65)c4c3)c2)C2C=CC=CC21. The van der Waals surface area contributed by atoms with Crippen LogP contribution in [0, 0.1) is 5.92 Å². The Labute approximate surface area is 290 Å². The molecule has 0 amide bonds. The standard InChI is InChI=1S/C46H34N2S/c1-46(2)37-18-7-10-21-40(37)48(41-22-11-8-19-38(41)46)32-16-12-15-30(27-32)31-23-26-42-36(28-31)33-24-25-35-43(45(33)49-42)34-17-6-9-20-39(34)47-44(35)29-13-4-3-5-14-29/h3-28,37,40H,1-2H3. The van der Waals surface area contributed by atoms with Gasteiger partial charge in [0.2, 0.25) is 0 Å². The van der Waals surface area contributed by atoms with Crippen LogP contribution in [-0.2, 0) is 5.41 Å². The number of fused-ring (bicyclic) bond motifs is 9. The van der Waals surface area contributed by atoms with Gasteiger partial charge in [0.1, 0.15) is 0 Å². The number of allylic oxidation sites excluding steroid dienone is 2. The molecule has 2 nitrogen and oxygen atoms in total. The molecule has 2 aliphatic rings. The van der Waals surface area contributed by atoms with Crippen molar-refractivity contribution in [1.82, 2.24) is 4.98 Å². The van der Waals surface area contributed by atoms with E-state index in [2.05, 4.69) is 177 Å². The van der Waals surface area contributed by atoms with E-state index in [1.165, 1.54) is 64.4 Å². The minimum absolute atomic E-state index is 0.0368. The summed E-state index contributed by atoms with van der Waals surface area (Å²) < 4.78 is 2.63. The quantitative estimate of drug-likeness (QED) is 0.178. The lowest BCUT2D eigenvalue weighted by atomic mass is 9.65. The molecule has 10 rings (SSSR count). The lowest BCUT2D eigenvalue weighted by molar-refractivity contribution is 0.332. The molecule has 0 radical (unpaired) electrons. The van der Waals surface area contributed by atoms with E-state index in [0.29, 0.717) is 5.92 Å². The molecule has 2 aromatic heterocycles. The third kappa shape index (κ3) is 4.29. The lowest BCUT2D eigenvalue weighted by Crippen LogP contribution is -2.49. The van der Waals surface area contributed by atoms with Crippen molar-refractivity contribution in [1.29, 1.82) is 0 Å². The zero-order valence-electron chi connectivity index (χ0n) is 27.5. The van der Waals surface area contributed by atoms with Gasteiger partial charge in [-0.2, -0.15) is 0 Å². The van der Waals surface area contributed by atoms with Gasteiger partial charge < -0.3 is 4.90 Å². The molecule has 3 heteroatoms. The first-order chi connectivity index (χ1) is 24.1. The number of aromatic nitrogens is 1. The summed E-state index contributed by atoms with van der Waals surface area (Å²) in [5.74, 6) is 0.382. The van der Waals surface area contributed by atoms with E-state index in [-0.39, 0.29) is 11.5 Å². The third-order valence-electron chi connectivity index (χ3n) is 10.9. The molecule has 234 valence electrons. The predicted molar refractivity (Wildman–Crippen MR) is 210 cm³/mol. The highest BCUT2D eigenvalue weighted by Crippen LogP contribution is 2.51. The first kappa shape index (κ1) is 28.5. The van der Waals surface area contributed by atoms with Crippen molar-refractivity contribution < 1.29 is 0 Å². The Morgan fingerprint density at radius 3 is 2.29 bits per heavy atom. The van der Waals surface area contributed by atoms with Gasteiger partial charge in [-0.25, -0.2) is 4.98 Å². The van der Waals surface area contributed by atoms with Gasteiger partial charge in [0.15, 0.2) is 0 Å². The van der Waals surface area contributed by atoms with Gasteiger partial charge in [-0.1, -0.05) is 135 Å². The molecule has 0 saturated carbocycles. The fraction of sp³-hybridized carbons (Fsp3) is 0.109. The van der Waals surface area contributed by atoms with Crippen LogP contribution >= 0.6 is 11.3 Å². The van der Waals surface area contributed by atoms with Crippen molar-refractivity contribution in [3.05, 3.63) is 163 Å². The van der Waals surface area contributed by atoms with Crippen molar-refractivity contribution >= 4 is 64.6 Å². The van der Waals surface area contributed by atoms with Gasteiger partial charge in [-0.15, -0.1) is 11.3 Å². The highest BCUT2D eigenvalue weighted by atomic mass is 32.1. The van der Waals surface area contributed by atoms with Gasteiger partial charge in [-0.3, -0.25) is 0 Å². The Balaban J connectivity index is 1.14. The summed E-state index contributed by atoms with van der Waals surface area (Å²) in [4.78, 5) is 7.73. The topological polar surface area (TPSA) is 16.1 Å². The van der Waals surface area contributed by atoms with Crippen molar-refractivity contribution in [3.8, 4) is 22.4 Å². The molecule has 0 bridgehead atoms. The Morgan fingerprint density at radius 1 is 0.612 bits per heavy atom. The Hall–Kier alpha value is -5.51. The van der Waals surface area contributed by atoms with Crippen LogP contribution in [0.4, 0.5) is 11.4 Å². The molecular formula is C46H34N2S. The number of anilines is 2. The maximum atomic E-state index is 5.17. The Morgan fingerprint density at radius 2 is 1.37 bits per heavy atom. The minimum atomic E-state index is 0.0368. The molecule has 49 heavy (non-hydrogen) atoms. The highest BCUT2D eigenvalue weighted by Gasteiger charge is 2.44. The summed E-state index contributed by atoms with van der Waals surface area (Å²) in [5.41, 5.74) is 9.65. The molecule has 1 aliphatic heterocycles. The smallest absolute Gasteiger partial charge is 0.0788 e. The summed E-state index contributed by atoms with van der Waals surface area (Å²) in [7, 11) is 0. The number of thiophene rings is 1. The molecule has 0 saturated heterocycles. The average molecular weight is 647 g/mol. The van der Waals surface area contributed by atoms with Gasteiger partial charge in [0.25, 0.3) is 0 Å². The van der Waals surface area contributed by atoms with Gasteiger partial charge in [0, 0.05) is 64.6 Å². The van der Waals surface area contributed by atoms with E-state index < -0.39 is 0 Å². The van der Waals surface area contributed by atoms with Crippen molar-refractivity contribution in [2.75, 3.05) is 4.90 Å². The van der Waals surface area contributed by atoms with E-state index in [4.69, 9.17) is 4.98 Å². The van der Waals surface area contributed by atoms with Gasteiger partial charge >= 0.3 is 0 Å². The second kappa shape index (κ2) is 10.7. The van der Waals surface area contributed by atoms with Crippen LogP contribution in [0.1, 0.15) is 19.4 Å². The monoisotopic (exact) mass is 646 g/mol. The van der Waals surface area contributed by atoms with E-state index in [1.54, 1.807) is 0 Å². The number of pyridine rings is 1. The predicted octanol–water partition coefficient (Wildman–Crippen LogP) is 12.6. The van der Waals surface area contributed by atoms with Crippen LogP contribution in [-0.4, -0.2) is 11.0 Å². The summed E-state index contributed by atoms with van der Waals surface area (Å²) in [6.45, 7) is 4.79. The number of benzene rings is 6. The van der Waals surface area contributed by atoms with Crippen molar-refractivity contribution in [3.63, 3.8) is 0 Å². The van der Waals surface area contributed by atoms with E-state index in [1.807, 2.05) is 11.3 Å². The fourth-order valence-corrected chi connectivity index (χ4v) is 9.73. The van der Waals surface area contributed by atoms with Gasteiger partial charge in [-0.05, 0) is 53.1 Å². The van der Waals surface area contributed by atoms with Crippen LogP contribution in [0.5, 0.6) is 0 Å². The van der Waals surface area contributed by atoms with E-state index >= 15 is 0 Å². The minimum Gasteiger partial charge on any atom is -0.334 e. The second-order valence-electron chi connectivity index (χ2n) is 14.0. The van der Waals surface area contributed by atoms with Crippen LogP contribution in [0.15, 0.2) is 158 Å². The lowest BCUT2D eigenvalue weighted by Gasteiger charge is -2.50. The van der Waals surface area contributed by atoms with Crippen LogP contribution in [0.25, 0.3) is 64.2 Å². The highest BCUT2D eigenvalue weighted by molar-refractivity contribution is 7.26. The van der Waals surface area contributed by atoms with E-state index in [9.17, 15) is 0 Å². The second-order valence-corrected chi connectivity index (χ2v) is 15.0. The fourth-order valence-electron chi connectivity index (χ4n) is 8.49. The molecule has 0 spiro atoms. The van der Waals surface area contributed by atoms with Gasteiger partial charge in [0.05, 0.1) is 17.3 Å². The summed E-state index contributed by atoms with van der Waals surface area (Å²) in [6.07, 6.45) is 9.21. The third-order valence-corrected chi connectivity index (χ3v) is 12.1. The number of hydrogen-bond donors (Lipinski definition) is 0. The molecular weight excluding hydrogens is 613 g/mol. The zero-order valence-corrected chi connectivity index (χ0v) is 28.3. The molecule has 2 atom stereocenters. The molecule has 2 unspecified atom stereocenters.